The molecule has 0 N–H and O–H groups in total. The first kappa shape index (κ1) is 31.9. The Labute approximate surface area is 322 Å². The Balaban J connectivity index is 1.05. The van der Waals surface area contributed by atoms with Crippen LogP contribution in [0.3, 0.4) is 0 Å². The lowest BCUT2D eigenvalue weighted by Gasteiger charge is -2.13. The molecular formula is C51H31N3O2. The number of rotatable bonds is 6. The number of hydrogen-bond acceptors (Lipinski definition) is 5. The third kappa shape index (κ3) is 5.29. The molecule has 56 heavy (non-hydrogen) atoms. The highest BCUT2D eigenvalue weighted by Gasteiger charge is 2.21. The molecule has 0 saturated heterocycles. The SMILES string of the molecule is c1ccc(-c2cc(-c3ccc(-c4ccc(-c5cccc6c5oc5ccccc56)c5c4oc4ccccc45)cc3)nc(-c3ccccc3-c3ccncc3)n2)cc1. The zero-order valence-electron chi connectivity index (χ0n) is 30.1. The van der Waals surface area contributed by atoms with Crippen LogP contribution in [0.25, 0.3) is 111 Å². The van der Waals surface area contributed by atoms with E-state index in [0.29, 0.717) is 5.82 Å². The molecule has 0 fully saturated rings. The standard InChI is InChI=1S/C51H31N3O2/c1-2-11-34(12-3-1)44-31-45(54-51(53-44)42-15-5-4-13-36(42)33-27-29-52-30-28-33)35-23-21-32(22-24-35)37-25-26-39(48-43-16-7-9-20-47(43)56-50(37)48)41-18-10-17-40-38-14-6-8-19-46(38)55-49(40)41/h1-31H. The predicted octanol–water partition coefficient (Wildman–Crippen LogP) is 13.7. The first-order valence-electron chi connectivity index (χ1n) is 18.7. The fourth-order valence-electron chi connectivity index (χ4n) is 7.99. The van der Waals surface area contributed by atoms with Crippen molar-refractivity contribution in [1.82, 2.24) is 15.0 Å². The van der Waals surface area contributed by atoms with Crippen molar-refractivity contribution in [3.05, 3.63) is 188 Å². The molecule has 0 aliphatic heterocycles. The van der Waals surface area contributed by atoms with Crippen LogP contribution in [0.4, 0.5) is 0 Å². The van der Waals surface area contributed by atoms with Gasteiger partial charge in [-0.2, -0.15) is 0 Å². The summed E-state index contributed by atoms with van der Waals surface area (Å²) < 4.78 is 13.2. The van der Waals surface area contributed by atoms with Gasteiger partial charge in [0, 0.05) is 61.8 Å². The lowest BCUT2D eigenvalue weighted by atomic mass is 9.93. The van der Waals surface area contributed by atoms with Crippen molar-refractivity contribution >= 4 is 43.9 Å². The van der Waals surface area contributed by atoms with Crippen LogP contribution in [-0.2, 0) is 0 Å². The van der Waals surface area contributed by atoms with E-state index in [4.69, 9.17) is 18.8 Å². The molecule has 5 heteroatoms. The number of aromatic nitrogens is 3. The minimum Gasteiger partial charge on any atom is -0.455 e. The molecule has 0 aliphatic rings. The second-order valence-corrected chi connectivity index (χ2v) is 13.9. The Kier molecular flexibility index (Phi) is 7.42. The molecule has 11 rings (SSSR count). The number of hydrogen-bond donors (Lipinski definition) is 0. The molecule has 0 atom stereocenters. The van der Waals surface area contributed by atoms with Gasteiger partial charge >= 0.3 is 0 Å². The second-order valence-electron chi connectivity index (χ2n) is 13.9. The third-order valence-corrected chi connectivity index (χ3v) is 10.7. The summed E-state index contributed by atoms with van der Waals surface area (Å²) >= 11 is 0. The highest BCUT2D eigenvalue weighted by atomic mass is 16.3. The lowest BCUT2D eigenvalue weighted by molar-refractivity contribution is 0.669. The fraction of sp³-hybridized carbons (Fsp3) is 0. The predicted molar refractivity (Wildman–Crippen MR) is 227 cm³/mol. The summed E-state index contributed by atoms with van der Waals surface area (Å²) in [5, 5.41) is 4.34. The molecule has 0 radical (unpaired) electrons. The van der Waals surface area contributed by atoms with Crippen molar-refractivity contribution in [3.8, 4) is 67.3 Å². The second kappa shape index (κ2) is 13.0. The van der Waals surface area contributed by atoms with Crippen LogP contribution in [0.5, 0.6) is 0 Å². The normalized spacial score (nSPS) is 11.6. The fourth-order valence-corrected chi connectivity index (χ4v) is 7.99. The summed E-state index contributed by atoms with van der Waals surface area (Å²) in [5.74, 6) is 0.664. The maximum atomic E-state index is 6.71. The van der Waals surface area contributed by atoms with Gasteiger partial charge in [0.15, 0.2) is 5.82 Å². The van der Waals surface area contributed by atoms with Gasteiger partial charge in [-0.1, -0.05) is 140 Å². The van der Waals surface area contributed by atoms with Crippen molar-refractivity contribution in [1.29, 1.82) is 0 Å². The van der Waals surface area contributed by atoms with E-state index in [9.17, 15) is 0 Å². The van der Waals surface area contributed by atoms with Crippen molar-refractivity contribution in [2.75, 3.05) is 0 Å². The molecule has 7 aromatic carbocycles. The van der Waals surface area contributed by atoms with Gasteiger partial charge in [-0.05, 0) is 58.7 Å². The summed E-state index contributed by atoms with van der Waals surface area (Å²) in [6.45, 7) is 0. The largest absolute Gasteiger partial charge is 0.455 e. The van der Waals surface area contributed by atoms with Gasteiger partial charge in [0.1, 0.15) is 22.3 Å². The number of pyridine rings is 1. The smallest absolute Gasteiger partial charge is 0.161 e. The zero-order valence-corrected chi connectivity index (χ0v) is 30.1. The minimum atomic E-state index is 0.664. The highest BCUT2D eigenvalue weighted by Crippen LogP contribution is 2.45. The molecule has 4 aromatic heterocycles. The molecule has 262 valence electrons. The first-order valence-corrected chi connectivity index (χ1v) is 18.7. The van der Waals surface area contributed by atoms with Gasteiger partial charge < -0.3 is 8.83 Å². The average Bonchev–Trinajstić information content (AvgIpc) is 3.86. The molecule has 11 aromatic rings. The van der Waals surface area contributed by atoms with Crippen molar-refractivity contribution in [3.63, 3.8) is 0 Å². The van der Waals surface area contributed by atoms with Gasteiger partial charge in [-0.15, -0.1) is 0 Å². The molecule has 0 spiro atoms. The Bertz CT molecular complexity index is 3240. The molecule has 0 amide bonds. The van der Waals surface area contributed by atoms with E-state index in [1.54, 1.807) is 0 Å². The first-order chi connectivity index (χ1) is 27.8. The summed E-state index contributed by atoms with van der Waals surface area (Å²) in [5.41, 5.74) is 14.4. The van der Waals surface area contributed by atoms with Gasteiger partial charge in [0.05, 0.1) is 11.4 Å². The maximum Gasteiger partial charge on any atom is 0.161 e. The van der Waals surface area contributed by atoms with Crippen LogP contribution >= 0.6 is 0 Å². The van der Waals surface area contributed by atoms with E-state index in [1.165, 1.54) is 0 Å². The molecule has 0 unspecified atom stereocenters. The van der Waals surface area contributed by atoms with E-state index in [2.05, 4.69) is 114 Å². The topological polar surface area (TPSA) is 65.0 Å². The van der Waals surface area contributed by atoms with Crippen LogP contribution in [0, 0.1) is 0 Å². The summed E-state index contributed by atoms with van der Waals surface area (Å²) in [4.78, 5) is 14.6. The van der Waals surface area contributed by atoms with Crippen LogP contribution in [0.15, 0.2) is 197 Å². The monoisotopic (exact) mass is 717 g/mol. The Morgan fingerprint density at radius 1 is 0.339 bits per heavy atom. The van der Waals surface area contributed by atoms with Gasteiger partial charge in [0.2, 0.25) is 0 Å². The van der Waals surface area contributed by atoms with Crippen molar-refractivity contribution in [2.24, 2.45) is 0 Å². The number of furan rings is 2. The number of nitrogens with zero attached hydrogens (tertiary/aromatic N) is 3. The van der Waals surface area contributed by atoms with Crippen molar-refractivity contribution < 1.29 is 8.83 Å². The Morgan fingerprint density at radius 2 is 0.893 bits per heavy atom. The van der Waals surface area contributed by atoms with Gasteiger partial charge in [-0.25, -0.2) is 9.97 Å². The summed E-state index contributed by atoms with van der Waals surface area (Å²) in [7, 11) is 0. The molecule has 5 nitrogen and oxygen atoms in total. The van der Waals surface area contributed by atoms with E-state index in [0.717, 1.165) is 105 Å². The summed E-state index contributed by atoms with van der Waals surface area (Å²) in [6, 6.07) is 60.5. The van der Waals surface area contributed by atoms with Gasteiger partial charge in [-0.3, -0.25) is 4.98 Å². The van der Waals surface area contributed by atoms with Crippen LogP contribution in [0.2, 0.25) is 0 Å². The lowest BCUT2D eigenvalue weighted by Crippen LogP contribution is -1.97. The van der Waals surface area contributed by atoms with E-state index < -0.39 is 0 Å². The van der Waals surface area contributed by atoms with Crippen molar-refractivity contribution in [2.45, 2.75) is 0 Å². The quantitative estimate of drug-likeness (QED) is 0.171. The Hall–Kier alpha value is -7.63. The maximum absolute atomic E-state index is 6.71. The number of benzene rings is 7. The Morgan fingerprint density at radius 3 is 1.68 bits per heavy atom. The number of para-hydroxylation sites is 3. The average molecular weight is 718 g/mol. The van der Waals surface area contributed by atoms with E-state index >= 15 is 0 Å². The van der Waals surface area contributed by atoms with Crippen LogP contribution in [-0.4, -0.2) is 15.0 Å². The van der Waals surface area contributed by atoms with E-state index in [-0.39, 0.29) is 0 Å². The molecule has 0 saturated carbocycles. The molecule has 0 bridgehead atoms. The van der Waals surface area contributed by atoms with E-state index in [1.807, 2.05) is 79.1 Å². The third-order valence-electron chi connectivity index (χ3n) is 10.7. The summed E-state index contributed by atoms with van der Waals surface area (Å²) in [6.07, 6.45) is 3.63. The molecule has 4 heterocycles. The highest BCUT2D eigenvalue weighted by molar-refractivity contribution is 6.19. The molecular weight excluding hydrogens is 687 g/mol. The number of fused-ring (bicyclic) bond motifs is 6. The van der Waals surface area contributed by atoms with Crippen LogP contribution in [0.1, 0.15) is 0 Å². The molecule has 0 aliphatic carbocycles. The zero-order chi connectivity index (χ0) is 37.0. The van der Waals surface area contributed by atoms with Crippen LogP contribution < -0.4 is 0 Å². The van der Waals surface area contributed by atoms with Gasteiger partial charge in [0.25, 0.3) is 0 Å². The minimum absolute atomic E-state index is 0.664.